The van der Waals surface area contributed by atoms with Crippen LogP contribution in [-0.4, -0.2) is 31.7 Å². The highest BCUT2D eigenvalue weighted by Crippen LogP contribution is 2.37. The number of amides is 1. The fourth-order valence-corrected chi connectivity index (χ4v) is 1.95. The minimum Gasteiger partial charge on any atom is -0.365 e. The summed E-state index contributed by atoms with van der Waals surface area (Å²) in [4.78, 5) is 12.8. The lowest BCUT2D eigenvalue weighted by molar-refractivity contribution is -0.137. The van der Waals surface area contributed by atoms with Gasteiger partial charge >= 0.3 is 6.18 Å². The summed E-state index contributed by atoms with van der Waals surface area (Å²) in [6.07, 6.45) is -4.95. The largest absolute Gasteiger partial charge is 0.418 e. The topological polar surface area (TPSA) is 55.6 Å². The van der Waals surface area contributed by atoms with Gasteiger partial charge in [-0.1, -0.05) is 12.1 Å². The van der Waals surface area contributed by atoms with Crippen LogP contribution in [0.1, 0.15) is 5.56 Å². The first kappa shape index (κ1) is 13.8. The first-order valence-electron chi connectivity index (χ1n) is 5.71. The first-order chi connectivity index (χ1) is 8.93. The molecule has 1 saturated heterocycles. The lowest BCUT2D eigenvalue weighted by atomic mass is 10.1. The van der Waals surface area contributed by atoms with E-state index in [0.717, 1.165) is 11.0 Å². The number of nitrogens with two attached hydrogens (primary N) is 1. The molecule has 0 saturated carbocycles. The predicted octanol–water partition coefficient (Wildman–Crippen LogP) is 1.40. The van der Waals surface area contributed by atoms with Crippen LogP contribution < -0.4 is 10.6 Å². The zero-order chi connectivity index (χ0) is 14.0. The molecule has 1 amide bonds. The van der Waals surface area contributed by atoms with Crippen molar-refractivity contribution in [2.45, 2.75) is 12.3 Å². The van der Waals surface area contributed by atoms with Gasteiger partial charge in [0.1, 0.15) is 6.61 Å². The minimum absolute atomic E-state index is 0.0302. The van der Waals surface area contributed by atoms with E-state index >= 15 is 0 Å². The molecule has 0 aliphatic carbocycles. The van der Waals surface area contributed by atoms with Gasteiger partial charge in [0.15, 0.2) is 0 Å². The SMILES string of the molecule is NCC1CN(c2ccccc2C(F)(F)F)C(=O)CO1. The molecular weight excluding hydrogens is 261 g/mol. The number of benzene rings is 1. The first-order valence-corrected chi connectivity index (χ1v) is 5.71. The van der Waals surface area contributed by atoms with Gasteiger partial charge in [0.25, 0.3) is 5.91 Å². The molecule has 0 radical (unpaired) electrons. The molecule has 1 aliphatic rings. The Morgan fingerprint density at radius 2 is 2.05 bits per heavy atom. The van der Waals surface area contributed by atoms with Crippen LogP contribution in [-0.2, 0) is 15.7 Å². The predicted molar refractivity (Wildman–Crippen MR) is 62.6 cm³/mol. The molecule has 7 heteroatoms. The Morgan fingerprint density at radius 3 is 2.68 bits per heavy atom. The maximum absolute atomic E-state index is 12.9. The van der Waals surface area contributed by atoms with Crippen molar-refractivity contribution in [1.82, 2.24) is 0 Å². The number of ether oxygens (including phenoxy) is 1. The number of carbonyl (C=O) groups excluding carboxylic acids is 1. The summed E-state index contributed by atoms with van der Waals surface area (Å²) in [5.41, 5.74) is 4.44. The monoisotopic (exact) mass is 274 g/mol. The summed E-state index contributed by atoms with van der Waals surface area (Å²) >= 11 is 0. The van der Waals surface area contributed by atoms with Crippen LogP contribution in [0.25, 0.3) is 0 Å². The summed E-state index contributed by atoms with van der Waals surface area (Å²) in [6.45, 7) is -0.0750. The number of hydrogen-bond acceptors (Lipinski definition) is 3. The zero-order valence-corrected chi connectivity index (χ0v) is 9.98. The number of hydrogen-bond donors (Lipinski definition) is 1. The molecule has 2 N–H and O–H groups in total. The van der Waals surface area contributed by atoms with E-state index in [9.17, 15) is 18.0 Å². The number of halogens is 3. The average molecular weight is 274 g/mol. The maximum atomic E-state index is 12.9. The third-order valence-electron chi connectivity index (χ3n) is 2.89. The highest BCUT2D eigenvalue weighted by Gasteiger charge is 2.37. The van der Waals surface area contributed by atoms with Gasteiger partial charge in [-0.2, -0.15) is 13.2 Å². The lowest BCUT2D eigenvalue weighted by Gasteiger charge is -2.33. The Hall–Kier alpha value is -1.60. The van der Waals surface area contributed by atoms with Crippen LogP contribution in [0.3, 0.4) is 0 Å². The van der Waals surface area contributed by atoms with Gasteiger partial charge < -0.3 is 15.4 Å². The van der Waals surface area contributed by atoms with Crippen LogP contribution in [0.15, 0.2) is 24.3 Å². The highest BCUT2D eigenvalue weighted by molar-refractivity contribution is 5.95. The second kappa shape index (κ2) is 5.18. The van der Waals surface area contributed by atoms with Gasteiger partial charge in [0, 0.05) is 6.54 Å². The lowest BCUT2D eigenvalue weighted by Crippen LogP contribution is -2.49. The summed E-state index contributed by atoms with van der Waals surface area (Å²) in [5.74, 6) is -0.499. The standard InChI is InChI=1S/C12H13F3N2O2/c13-12(14,15)9-3-1-2-4-10(9)17-6-8(5-16)19-7-11(17)18/h1-4,8H,5-7,16H2. The maximum Gasteiger partial charge on any atom is 0.418 e. The number of alkyl halides is 3. The van der Waals surface area contributed by atoms with E-state index in [1.165, 1.54) is 18.2 Å². The Kier molecular flexibility index (Phi) is 3.77. The third-order valence-corrected chi connectivity index (χ3v) is 2.89. The second-order valence-electron chi connectivity index (χ2n) is 4.19. The molecule has 1 atom stereocenters. The zero-order valence-electron chi connectivity index (χ0n) is 9.98. The molecule has 1 aromatic rings. The molecule has 1 aliphatic heterocycles. The Morgan fingerprint density at radius 1 is 1.37 bits per heavy atom. The highest BCUT2D eigenvalue weighted by atomic mass is 19.4. The van der Waals surface area contributed by atoms with Gasteiger partial charge in [-0.3, -0.25) is 4.79 Å². The molecular formula is C12H13F3N2O2. The summed E-state index contributed by atoms with van der Waals surface area (Å²) in [7, 11) is 0. The van der Waals surface area contributed by atoms with E-state index in [4.69, 9.17) is 10.5 Å². The van der Waals surface area contributed by atoms with Crippen LogP contribution in [0.4, 0.5) is 18.9 Å². The van der Waals surface area contributed by atoms with Crippen molar-refractivity contribution in [3.63, 3.8) is 0 Å². The minimum atomic E-state index is -4.51. The van der Waals surface area contributed by atoms with E-state index in [1.807, 2.05) is 0 Å². The van der Waals surface area contributed by atoms with Gasteiger partial charge in [-0.25, -0.2) is 0 Å². The fourth-order valence-electron chi connectivity index (χ4n) is 1.95. The summed E-state index contributed by atoms with van der Waals surface area (Å²) < 4.78 is 43.9. The number of rotatable bonds is 2. The summed E-state index contributed by atoms with van der Waals surface area (Å²) in [6, 6.07) is 4.98. The van der Waals surface area contributed by atoms with Crippen molar-refractivity contribution >= 4 is 11.6 Å². The number of anilines is 1. The van der Waals surface area contributed by atoms with Crippen LogP contribution in [0.5, 0.6) is 0 Å². The van der Waals surface area contributed by atoms with Crippen LogP contribution in [0.2, 0.25) is 0 Å². The van der Waals surface area contributed by atoms with E-state index in [1.54, 1.807) is 0 Å². The van der Waals surface area contributed by atoms with E-state index in [2.05, 4.69) is 0 Å². The molecule has 19 heavy (non-hydrogen) atoms. The van der Waals surface area contributed by atoms with E-state index in [-0.39, 0.29) is 25.4 Å². The number of nitrogens with zero attached hydrogens (tertiary/aromatic N) is 1. The van der Waals surface area contributed by atoms with Gasteiger partial charge in [0.05, 0.1) is 23.9 Å². The normalized spacial score (nSPS) is 20.7. The second-order valence-corrected chi connectivity index (χ2v) is 4.19. The van der Waals surface area contributed by atoms with E-state index in [0.29, 0.717) is 0 Å². The van der Waals surface area contributed by atoms with Crippen LogP contribution >= 0.6 is 0 Å². The van der Waals surface area contributed by atoms with Crippen molar-refractivity contribution in [2.75, 3.05) is 24.6 Å². The molecule has 1 heterocycles. The van der Waals surface area contributed by atoms with Crippen LogP contribution in [0, 0.1) is 0 Å². The van der Waals surface area contributed by atoms with Crippen molar-refractivity contribution in [1.29, 1.82) is 0 Å². The summed E-state index contributed by atoms with van der Waals surface area (Å²) in [5, 5.41) is 0. The molecule has 0 aromatic heterocycles. The molecule has 0 spiro atoms. The smallest absolute Gasteiger partial charge is 0.365 e. The molecule has 1 unspecified atom stereocenters. The van der Waals surface area contributed by atoms with Gasteiger partial charge in [0.2, 0.25) is 0 Å². The Balaban J connectivity index is 2.37. The van der Waals surface area contributed by atoms with Crippen molar-refractivity contribution < 1.29 is 22.7 Å². The van der Waals surface area contributed by atoms with Crippen molar-refractivity contribution in [3.05, 3.63) is 29.8 Å². The number of morpholine rings is 1. The fraction of sp³-hybridized carbons (Fsp3) is 0.417. The molecule has 1 fully saturated rings. The van der Waals surface area contributed by atoms with Gasteiger partial charge in [-0.15, -0.1) is 0 Å². The molecule has 4 nitrogen and oxygen atoms in total. The third kappa shape index (κ3) is 2.87. The average Bonchev–Trinajstić information content (AvgIpc) is 2.38. The molecule has 2 rings (SSSR count). The molecule has 1 aromatic carbocycles. The van der Waals surface area contributed by atoms with Crippen molar-refractivity contribution in [3.8, 4) is 0 Å². The Labute approximate surface area is 107 Å². The van der Waals surface area contributed by atoms with E-state index < -0.39 is 23.8 Å². The number of para-hydroxylation sites is 1. The molecule has 0 bridgehead atoms. The Bertz CT molecular complexity index is 476. The quantitative estimate of drug-likeness (QED) is 0.886. The number of carbonyl (C=O) groups is 1. The van der Waals surface area contributed by atoms with Crippen molar-refractivity contribution in [2.24, 2.45) is 5.73 Å². The van der Waals surface area contributed by atoms with Gasteiger partial charge in [-0.05, 0) is 12.1 Å². The molecule has 104 valence electrons.